The van der Waals surface area contributed by atoms with Gasteiger partial charge in [0.2, 0.25) is 5.91 Å². The number of amides is 1. The Morgan fingerprint density at radius 3 is 2.96 bits per heavy atom. The van der Waals surface area contributed by atoms with Gasteiger partial charge in [-0.15, -0.1) is 0 Å². The van der Waals surface area contributed by atoms with Crippen LogP contribution in [0, 0.1) is 6.92 Å². The molecule has 4 nitrogen and oxygen atoms in total. The van der Waals surface area contributed by atoms with Crippen LogP contribution in [0.1, 0.15) is 60.2 Å². The topological polar surface area (TPSA) is 46.3 Å². The van der Waals surface area contributed by atoms with Crippen molar-refractivity contribution in [2.75, 3.05) is 6.54 Å². The van der Waals surface area contributed by atoms with Gasteiger partial charge in [-0.2, -0.15) is 0 Å². The predicted molar refractivity (Wildman–Crippen MR) is 87.0 cm³/mol. The van der Waals surface area contributed by atoms with Gasteiger partial charge in [-0.3, -0.25) is 4.79 Å². The molecule has 2 aromatic rings. The Balaban J connectivity index is 1.62. The van der Waals surface area contributed by atoms with Crippen molar-refractivity contribution in [3.05, 3.63) is 52.9 Å². The standard InChI is InChI=1S/C19H22N2O2/c1-13-12-18(23-20-13)17-10-5-11-21(17)19(22)16-9-4-7-14-6-2-3-8-15(14)16/h2-3,6,8,12,16-17H,4-5,7,9-11H2,1H3/t16-,17+/m0/s1. The third kappa shape index (κ3) is 2.56. The number of benzene rings is 1. The second-order valence-electron chi connectivity index (χ2n) is 6.70. The molecule has 1 fully saturated rings. The van der Waals surface area contributed by atoms with Crippen LogP contribution in [0.4, 0.5) is 0 Å². The van der Waals surface area contributed by atoms with Crippen molar-refractivity contribution in [3.8, 4) is 0 Å². The van der Waals surface area contributed by atoms with Crippen molar-refractivity contribution in [2.24, 2.45) is 0 Å². The molecule has 23 heavy (non-hydrogen) atoms. The van der Waals surface area contributed by atoms with E-state index in [4.69, 9.17) is 4.52 Å². The Morgan fingerprint density at radius 2 is 2.13 bits per heavy atom. The lowest BCUT2D eigenvalue weighted by molar-refractivity contribution is -0.134. The number of aryl methyl sites for hydroxylation is 2. The second kappa shape index (κ2) is 5.84. The Labute approximate surface area is 136 Å². The van der Waals surface area contributed by atoms with E-state index in [1.807, 2.05) is 24.0 Å². The first kappa shape index (κ1) is 14.5. The average Bonchev–Trinajstić information content (AvgIpc) is 3.22. The molecule has 2 heterocycles. The molecule has 0 saturated carbocycles. The van der Waals surface area contributed by atoms with E-state index in [1.165, 1.54) is 11.1 Å². The number of nitrogens with zero attached hydrogens (tertiary/aromatic N) is 2. The summed E-state index contributed by atoms with van der Waals surface area (Å²) in [4.78, 5) is 15.2. The Morgan fingerprint density at radius 1 is 1.26 bits per heavy atom. The molecular formula is C19H22N2O2. The predicted octanol–water partition coefficient (Wildman–Crippen LogP) is 3.77. The van der Waals surface area contributed by atoms with Gasteiger partial charge in [-0.05, 0) is 50.2 Å². The largest absolute Gasteiger partial charge is 0.359 e. The number of hydrogen-bond donors (Lipinski definition) is 0. The number of carbonyl (C=O) groups is 1. The van der Waals surface area contributed by atoms with Crippen LogP contribution in [0.5, 0.6) is 0 Å². The zero-order valence-corrected chi connectivity index (χ0v) is 13.5. The minimum absolute atomic E-state index is 0.00423. The van der Waals surface area contributed by atoms with Crippen molar-refractivity contribution < 1.29 is 9.32 Å². The summed E-state index contributed by atoms with van der Waals surface area (Å²) in [6.45, 7) is 2.74. The Hall–Kier alpha value is -2.10. The zero-order valence-electron chi connectivity index (χ0n) is 13.5. The van der Waals surface area contributed by atoms with Gasteiger partial charge in [0.05, 0.1) is 17.7 Å². The lowest BCUT2D eigenvalue weighted by atomic mass is 9.82. The summed E-state index contributed by atoms with van der Waals surface area (Å²) in [5.74, 6) is 1.09. The van der Waals surface area contributed by atoms with Gasteiger partial charge in [0.1, 0.15) is 0 Å². The van der Waals surface area contributed by atoms with Gasteiger partial charge >= 0.3 is 0 Å². The minimum atomic E-state index is 0.00423. The van der Waals surface area contributed by atoms with E-state index in [9.17, 15) is 4.79 Å². The van der Waals surface area contributed by atoms with Crippen molar-refractivity contribution >= 4 is 5.91 Å². The molecule has 0 spiro atoms. The number of rotatable bonds is 2. The number of hydrogen-bond acceptors (Lipinski definition) is 3. The first-order valence-corrected chi connectivity index (χ1v) is 8.55. The monoisotopic (exact) mass is 310 g/mol. The third-order valence-corrected chi connectivity index (χ3v) is 5.18. The molecule has 120 valence electrons. The van der Waals surface area contributed by atoms with Gasteiger partial charge in [0.15, 0.2) is 5.76 Å². The zero-order chi connectivity index (χ0) is 15.8. The normalized spacial score (nSPS) is 23.8. The lowest BCUT2D eigenvalue weighted by Gasteiger charge is -2.31. The molecule has 2 aliphatic rings. The van der Waals surface area contributed by atoms with Crippen molar-refractivity contribution in [2.45, 2.75) is 51.0 Å². The van der Waals surface area contributed by atoms with Crippen molar-refractivity contribution in [1.29, 1.82) is 0 Å². The molecule has 4 heteroatoms. The summed E-state index contributed by atoms with van der Waals surface area (Å²) in [5.41, 5.74) is 3.44. The molecule has 0 bridgehead atoms. The van der Waals surface area contributed by atoms with Crippen molar-refractivity contribution in [3.63, 3.8) is 0 Å². The van der Waals surface area contributed by atoms with E-state index in [0.29, 0.717) is 0 Å². The average molecular weight is 310 g/mol. The van der Waals surface area contributed by atoms with Crippen LogP contribution in [-0.4, -0.2) is 22.5 Å². The van der Waals surface area contributed by atoms with Crippen LogP contribution >= 0.6 is 0 Å². The van der Waals surface area contributed by atoms with E-state index in [-0.39, 0.29) is 17.9 Å². The SMILES string of the molecule is Cc1cc([C@H]2CCCN2C(=O)[C@H]2CCCc3ccccc32)on1. The van der Waals surface area contributed by atoms with E-state index < -0.39 is 0 Å². The maximum atomic E-state index is 13.2. The maximum absolute atomic E-state index is 13.2. The highest BCUT2D eigenvalue weighted by Gasteiger charge is 2.37. The maximum Gasteiger partial charge on any atom is 0.230 e. The quantitative estimate of drug-likeness (QED) is 0.848. The molecule has 1 aliphatic carbocycles. The summed E-state index contributed by atoms with van der Waals surface area (Å²) >= 11 is 0. The van der Waals surface area contributed by atoms with Crippen LogP contribution in [0.15, 0.2) is 34.9 Å². The summed E-state index contributed by atoms with van der Waals surface area (Å²) in [5, 5.41) is 3.99. The number of fused-ring (bicyclic) bond motifs is 1. The van der Waals surface area contributed by atoms with Crippen LogP contribution < -0.4 is 0 Å². The van der Waals surface area contributed by atoms with Gasteiger partial charge in [-0.25, -0.2) is 0 Å². The van der Waals surface area contributed by atoms with Crippen LogP contribution in [0.25, 0.3) is 0 Å². The molecule has 1 amide bonds. The van der Waals surface area contributed by atoms with Crippen LogP contribution in [0.2, 0.25) is 0 Å². The molecule has 2 atom stereocenters. The Bertz CT molecular complexity index is 722. The number of carbonyl (C=O) groups excluding carboxylic acids is 1. The lowest BCUT2D eigenvalue weighted by Crippen LogP contribution is -2.36. The highest BCUT2D eigenvalue weighted by atomic mass is 16.5. The summed E-state index contributed by atoms with van der Waals surface area (Å²) in [7, 11) is 0. The summed E-state index contributed by atoms with van der Waals surface area (Å²) in [6, 6.07) is 10.4. The van der Waals surface area contributed by atoms with Gasteiger partial charge in [0.25, 0.3) is 0 Å². The fourth-order valence-corrected chi connectivity index (χ4v) is 4.08. The van der Waals surface area contributed by atoms with Crippen LogP contribution in [0.3, 0.4) is 0 Å². The first-order chi connectivity index (χ1) is 11.2. The molecular weight excluding hydrogens is 288 g/mol. The van der Waals surface area contributed by atoms with Gasteiger partial charge in [-0.1, -0.05) is 29.4 Å². The number of aromatic nitrogens is 1. The van der Waals surface area contributed by atoms with Gasteiger partial charge in [0, 0.05) is 12.6 Å². The minimum Gasteiger partial charge on any atom is -0.359 e. The van der Waals surface area contributed by atoms with Crippen LogP contribution in [-0.2, 0) is 11.2 Å². The van der Waals surface area contributed by atoms with E-state index in [2.05, 4.69) is 23.4 Å². The molecule has 1 aromatic heterocycles. The van der Waals surface area contributed by atoms with Crippen molar-refractivity contribution in [1.82, 2.24) is 10.1 Å². The third-order valence-electron chi connectivity index (χ3n) is 5.18. The van der Waals surface area contributed by atoms with Gasteiger partial charge < -0.3 is 9.42 Å². The first-order valence-electron chi connectivity index (χ1n) is 8.55. The van der Waals surface area contributed by atoms with E-state index in [0.717, 1.165) is 50.1 Å². The number of likely N-dealkylation sites (tertiary alicyclic amines) is 1. The smallest absolute Gasteiger partial charge is 0.230 e. The fraction of sp³-hybridized carbons (Fsp3) is 0.474. The molecule has 1 aromatic carbocycles. The highest BCUT2D eigenvalue weighted by molar-refractivity contribution is 5.85. The summed E-state index contributed by atoms with van der Waals surface area (Å²) in [6.07, 6.45) is 5.13. The molecule has 1 aliphatic heterocycles. The highest BCUT2D eigenvalue weighted by Crippen LogP contribution is 2.38. The second-order valence-corrected chi connectivity index (χ2v) is 6.70. The van der Waals surface area contributed by atoms with E-state index >= 15 is 0 Å². The molecule has 1 saturated heterocycles. The molecule has 0 radical (unpaired) electrons. The van der Waals surface area contributed by atoms with E-state index in [1.54, 1.807) is 0 Å². The molecule has 0 N–H and O–H groups in total. The fourth-order valence-electron chi connectivity index (χ4n) is 4.08. The molecule has 4 rings (SSSR count). The molecule has 0 unspecified atom stereocenters. The summed E-state index contributed by atoms with van der Waals surface area (Å²) < 4.78 is 5.44. The Kier molecular flexibility index (Phi) is 3.68.